The number of hydrogen-bond acceptors (Lipinski definition) is 0. The molecule has 0 heterocycles. The summed E-state index contributed by atoms with van der Waals surface area (Å²) in [7, 11) is 0. The minimum absolute atomic E-state index is 0.478. The van der Waals surface area contributed by atoms with Crippen molar-refractivity contribution >= 4 is 0 Å². The molecule has 4 saturated carbocycles. The van der Waals surface area contributed by atoms with Gasteiger partial charge in [0, 0.05) is 0 Å². The summed E-state index contributed by atoms with van der Waals surface area (Å²) in [5.74, 6) is 4.49. The second-order valence-corrected chi connectivity index (χ2v) is 14.6. The quantitative estimate of drug-likeness (QED) is 0.378. The average molecular weight is 411 g/mol. The average Bonchev–Trinajstić information content (AvgIpc) is 3.01. The first-order chi connectivity index (χ1) is 13.9. The third-order valence-electron chi connectivity index (χ3n) is 13.0. The van der Waals surface area contributed by atoms with Gasteiger partial charge in [0.1, 0.15) is 0 Å². The molecule has 0 nitrogen and oxygen atoms in total. The van der Waals surface area contributed by atoms with Crippen molar-refractivity contribution in [1.82, 2.24) is 0 Å². The molecule has 0 spiro atoms. The summed E-state index contributed by atoms with van der Waals surface area (Å²) in [5, 5.41) is 0. The van der Waals surface area contributed by atoms with Crippen LogP contribution in [0.25, 0.3) is 0 Å². The molecule has 0 aromatic rings. The Labute approximate surface area is 188 Å². The Kier molecular flexibility index (Phi) is 4.61. The van der Waals surface area contributed by atoms with E-state index in [9.17, 15) is 0 Å². The van der Waals surface area contributed by atoms with Gasteiger partial charge < -0.3 is 0 Å². The summed E-state index contributed by atoms with van der Waals surface area (Å²) in [5.41, 5.74) is 4.55. The fourth-order valence-electron chi connectivity index (χ4n) is 11.3. The van der Waals surface area contributed by atoms with E-state index in [2.05, 4.69) is 61.5 Å². The number of allylic oxidation sites excluding steroid dienone is 2. The van der Waals surface area contributed by atoms with Crippen LogP contribution in [0.2, 0.25) is 0 Å². The van der Waals surface area contributed by atoms with E-state index in [0.717, 1.165) is 29.6 Å². The van der Waals surface area contributed by atoms with E-state index < -0.39 is 0 Å². The van der Waals surface area contributed by atoms with Crippen molar-refractivity contribution in [3.63, 3.8) is 0 Å². The van der Waals surface area contributed by atoms with E-state index in [1.54, 1.807) is 0 Å². The highest BCUT2D eigenvalue weighted by Crippen LogP contribution is 2.76. The van der Waals surface area contributed by atoms with Crippen molar-refractivity contribution in [3.05, 3.63) is 11.6 Å². The first-order valence-corrected chi connectivity index (χ1v) is 13.6. The summed E-state index contributed by atoms with van der Waals surface area (Å²) in [6.45, 7) is 21.1. The standard InChI is InChI=1S/C30H50/c1-20(2)21-10-13-25-28(21,6)18-19-29(7)23-11-12-24-26(3,4)15-9-16-27(24,5)22(23)14-17-30(25,29)8/h14,20-21,23-25H,9-13,15-19H2,1-8H3/t21-,23+,24-,25-,27+,28+,29+,30-/m0/s1. The zero-order valence-corrected chi connectivity index (χ0v) is 21.5. The summed E-state index contributed by atoms with van der Waals surface area (Å²) in [6.07, 6.45) is 17.4. The van der Waals surface area contributed by atoms with Gasteiger partial charge in [0.05, 0.1) is 0 Å². The zero-order valence-electron chi connectivity index (χ0n) is 21.5. The predicted molar refractivity (Wildman–Crippen MR) is 129 cm³/mol. The Bertz CT molecular complexity index is 741. The van der Waals surface area contributed by atoms with Crippen molar-refractivity contribution in [2.45, 2.75) is 120 Å². The summed E-state index contributed by atoms with van der Waals surface area (Å²) in [4.78, 5) is 0. The van der Waals surface area contributed by atoms with E-state index in [4.69, 9.17) is 0 Å². The highest BCUT2D eigenvalue weighted by atomic mass is 14.7. The molecule has 170 valence electrons. The third-order valence-corrected chi connectivity index (χ3v) is 13.0. The molecule has 4 fully saturated rings. The van der Waals surface area contributed by atoms with Crippen LogP contribution in [0.4, 0.5) is 0 Å². The van der Waals surface area contributed by atoms with Gasteiger partial charge in [0.15, 0.2) is 0 Å². The molecule has 5 aliphatic carbocycles. The number of fused-ring (bicyclic) bond motifs is 7. The maximum atomic E-state index is 2.86. The van der Waals surface area contributed by atoms with E-state index in [-0.39, 0.29) is 0 Å². The molecule has 5 rings (SSSR count). The SMILES string of the molecule is CC(C)[C@@H]1CC[C@H]2[C@]1(C)CC[C@]1(C)[C@@H]3CC[C@H]4C(C)(C)CCC[C@]4(C)C3=CC[C@@]21C. The summed E-state index contributed by atoms with van der Waals surface area (Å²) in [6, 6.07) is 0. The van der Waals surface area contributed by atoms with Crippen LogP contribution in [-0.4, -0.2) is 0 Å². The van der Waals surface area contributed by atoms with Crippen LogP contribution in [0.1, 0.15) is 120 Å². The second kappa shape index (κ2) is 6.41. The molecule has 0 aromatic carbocycles. The minimum atomic E-state index is 0.478. The molecule has 0 heteroatoms. The zero-order chi connectivity index (χ0) is 21.7. The lowest BCUT2D eigenvalue weighted by Gasteiger charge is -2.69. The molecule has 0 aromatic heterocycles. The van der Waals surface area contributed by atoms with Gasteiger partial charge >= 0.3 is 0 Å². The van der Waals surface area contributed by atoms with E-state index in [0.29, 0.717) is 27.1 Å². The molecule has 0 radical (unpaired) electrons. The fourth-order valence-corrected chi connectivity index (χ4v) is 11.3. The van der Waals surface area contributed by atoms with Gasteiger partial charge in [0.25, 0.3) is 0 Å². The Balaban J connectivity index is 1.56. The molecular weight excluding hydrogens is 360 g/mol. The van der Waals surface area contributed by atoms with Crippen molar-refractivity contribution in [3.8, 4) is 0 Å². The van der Waals surface area contributed by atoms with Crippen LogP contribution >= 0.6 is 0 Å². The Morgan fingerprint density at radius 2 is 1.47 bits per heavy atom. The monoisotopic (exact) mass is 410 g/mol. The molecule has 0 amide bonds. The molecule has 8 atom stereocenters. The maximum absolute atomic E-state index is 2.86. The normalized spacial score (nSPS) is 54.6. The van der Waals surface area contributed by atoms with Crippen LogP contribution in [0.3, 0.4) is 0 Å². The van der Waals surface area contributed by atoms with Gasteiger partial charge in [-0.1, -0.05) is 73.5 Å². The van der Waals surface area contributed by atoms with Crippen molar-refractivity contribution in [1.29, 1.82) is 0 Å². The molecule has 5 aliphatic rings. The highest BCUT2D eigenvalue weighted by molar-refractivity contribution is 5.32. The van der Waals surface area contributed by atoms with Crippen LogP contribution in [0, 0.1) is 56.7 Å². The second-order valence-electron chi connectivity index (χ2n) is 14.6. The lowest BCUT2D eigenvalue weighted by Crippen LogP contribution is -2.61. The fraction of sp³-hybridized carbons (Fsp3) is 0.933. The van der Waals surface area contributed by atoms with Crippen LogP contribution in [0.5, 0.6) is 0 Å². The summed E-state index contributed by atoms with van der Waals surface area (Å²) >= 11 is 0. The predicted octanol–water partition coefficient (Wildman–Crippen LogP) is 9.05. The molecule has 0 bridgehead atoms. The van der Waals surface area contributed by atoms with Crippen LogP contribution in [-0.2, 0) is 0 Å². The largest absolute Gasteiger partial charge is 0.0839 e. The number of rotatable bonds is 1. The van der Waals surface area contributed by atoms with E-state index in [1.165, 1.54) is 64.2 Å². The van der Waals surface area contributed by atoms with E-state index >= 15 is 0 Å². The lowest BCUT2D eigenvalue weighted by atomic mass is 9.36. The Morgan fingerprint density at radius 1 is 0.767 bits per heavy atom. The third kappa shape index (κ3) is 2.46. The molecule has 0 unspecified atom stereocenters. The van der Waals surface area contributed by atoms with Gasteiger partial charge in [-0.3, -0.25) is 0 Å². The van der Waals surface area contributed by atoms with E-state index in [1.807, 2.05) is 5.57 Å². The van der Waals surface area contributed by atoms with Crippen LogP contribution < -0.4 is 0 Å². The number of hydrogen-bond donors (Lipinski definition) is 0. The molecular formula is C30H50. The Morgan fingerprint density at radius 3 is 2.17 bits per heavy atom. The smallest absolute Gasteiger partial charge is 0.00801 e. The minimum Gasteiger partial charge on any atom is -0.0839 e. The van der Waals surface area contributed by atoms with Crippen molar-refractivity contribution in [2.24, 2.45) is 56.7 Å². The first kappa shape index (κ1) is 21.6. The Hall–Kier alpha value is -0.260. The van der Waals surface area contributed by atoms with Crippen molar-refractivity contribution < 1.29 is 0 Å². The molecule has 0 saturated heterocycles. The highest BCUT2D eigenvalue weighted by Gasteiger charge is 2.67. The molecule has 30 heavy (non-hydrogen) atoms. The van der Waals surface area contributed by atoms with Gasteiger partial charge in [0.2, 0.25) is 0 Å². The van der Waals surface area contributed by atoms with Gasteiger partial charge in [-0.15, -0.1) is 0 Å². The van der Waals surface area contributed by atoms with Gasteiger partial charge in [-0.2, -0.15) is 0 Å². The molecule has 0 aliphatic heterocycles. The van der Waals surface area contributed by atoms with Gasteiger partial charge in [-0.05, 0) is 114 Å². The van der Waals surface area contributed by atoms with Crippen LogP contribution in [0.15, 0.2) is 11.6 Å². The molecule has 0 N–H and O–H groups in total. The van der Waals surface area contributed by atoms with Crippen molar-refractivity contribution in [2.75, 3.05) is 0 Å². The van der Waals surface area contributed by atoms with Gasteiger partial charge in [-0.25, -0.2) is 0 Å². The topological polar surface area (TPSA) is 0 Å². The maximum Gasteiger partial charge on any atom is -0.00801 e. The first-order valence-electron chi connectivity index (χ1n) is 13.6. The summed E-state index contributed by atoms with van der Waals surface area (Å²) < 4.78 is 0. The lowest BCUT2D eigenvalue weighted by molar-refractivity contribution is -0.156.